The lowest BCUT2D eigenvalue weighted by molar-refractivity contribution is 0.396. The highest BCUT2D eigenvalue weighted by atomic mass is 35.5. The van der Waals surface area contributed by atoms with Gasteiger partial charge in [0.25, 0.3) is 10.0 Å². The van der Waals surface area contributed by atoms with Gasteiger partial charge in [0.1, 0.15) is 0 Å². The fourth-order valence-corrected chi connectivity index (χ4v) is 4.80. The van der Waals surface area contributed by atoms with Crippen molar-refractivity contribution in [1.82, 2.24) is 19.9 Å². The molecule has 0 bridgehead atoms. The van der Waals surface area contributed by atoms with Crippen LogP contribution < -0.4 is 4.31 Å². The van der Waals surface area contributed by atoms with Crippen molar-refractivity contribution in [2.75, 3.05) is 24.9 Å². The molecule has 3 rings (SSSR count). The number of benzene rings is 2. The van der Waals surface area contributed by atoms with Gasteiger partial charge in [-0.25, -0.2) is 13.1 Å². The molecular weight excluding hydrogens is 422 g/mol. The lowest BCUT2D eigenvalue weighted by atomic mass is 10.2. The van der Waals surface area contributed by atoms with E-state index in [-0.39, 0.29) is 4.90 Å². The summed E-state index contributed by atoms with van der Waals surface area (Å²) >= 11 is 6.26. The minimum atomic E-state index is -3.76. The van der Waals surface area contributed by atoms with Crippen LogP contribution in [0.4, 0.5) is 5.69 Å². The molecule has 0 aliphatic rings. The highest BCUT2D eigenvalue weighted by Gasteiger charge is 2.27. The highest BCUT2D eigenvalue weighted by molar-refractivity contribution is 7.92. The minimum absolute atomic E-state index is 0.244. The molecule has 0 fully saturated rings. The summed E-state index contributed by atoms with van der Waals surface area (Å²) in [7, 11) is 0.133. The molecule has 0 aliphatic heterocycles. The maximum absolute atomic E-state index is 13.5. The fraction of sp³-hybridized carbons (Fsp3) is 0.333. The van der Waals surface area contributed by atoms with E-state index in [0.29, 0.717) is 29.5 Å². The zero-order valence-corrected chi connectivity index (χ0v) is 18.9. The molecule has 0 radical (unpaired) electrons. The number of halogens is 1. The van der Waals surface area contributed by atoms with E-state index in [1.165, 1.54) is 4.31 Å². The van der Waals surface area contributed by atoms with Crippen molar-refractivity contribution >= 4 is 27.3 Å². The molecule has 0 unspecified atom stereocenters. The van der Waals surface area contributed by atoms with Gasteiger partial charge in [-0.1, -0.05) is 48.4 Å². The topological polar surface area (TPSA) is 71.3 Å². The number of unbranched alkanes of at least 4 members (excludes halogenated alkanes) is 1. The summed E-state index contributed by atoms with van der Waals surface area (Å²) in [5, 5.41) is 8.92. The predicted molar refractivity (Wildman–Crippen MR) is 120 cm³/mol. The average Bonchev–Trinajstić information content (AvgIpc) is 3.17. The molecule has 7 nitrogen and oxygen atoms in total. The van der Waals surface area contributed by atoms with E-state index >= 15 is 0 Å². The van der Waals surface area contributed by atoms with Crippen molar-refractivity contribution in [1.29, 1.82) is 0 Å². The van der Waals surface area contributed by atoms with Crippen molar-refractivity contribution in [3.8, 4) is 5.69 Å². The van der Waals surface area contributed by atoms with Crippen molar-refractivity contribution < 1.29 is 8.42 Å². The summed E-state index contributed by atoms with van der Waals surface area (Å²) in [6.07, 6.45) is 3.37. The van der Waals surface area contributed by atoms with Gasteiger partial charge in [0.15, 0.2) is 0 Å². The minimum Gasteiger partial charge on any atom is -0.303 e. The van der Waals surface area contributed by atoms with Crippen molar-refractivity contribution in [2.24, 2.45) is 0 Å². The summed E-state index contributed by atoms with van der Waals surface area (Å²) < 4.78 is 30.0. The molecular formula is C21H26ClN5O2S. The van der Waals surface area contributed by atoms with Crippen LogP contribution in [0.15, 0.2) is 59.6 Å². The molecule has 1 aromatic heterocycles. The van der Waals surface area contributed by atoms with E-state index in [9.17, 15) is 8.42 Å². The Morgan fingerprint density at radius 2 is 1.83 bits per heavy atom. The fourth-order valence-electron chi connectivity index (χ4n) is 3.10. The Balaban J connectivity index is 2.12. The molecule has 0 saturated carbocycles. The quantitative estimate of drug-likeness (QED) is 0.496. The van der Waals surface area contributed by atoms with E-state index < -0.39 is 10.0 Å². The summed E-state index contributed by atoms with van der Waals surface area (Å²) in [5.74, 6) is 0. The first kappa shape index (κ1) is 22.3. The number of nitrogens with zero attached hydrogens (tertiary/aromatic N) is 5. The second-order valence-electron chi connectivity index (χ2n) is 7.27. The Labute approximate surface area is 182 Å². The molecule has 0 spiro atoms. The van der Waals surface area contributed by atoms with Gasteiger partial charge in [0.05, 0.1) is 28.2 Å². The molecule has 0 N–H and O–H groups in total. The lowest BCUT2D eigenvalue weighted by Crippen LogP contribution is -2.33. The SMILES string of the molecule is CCCCN(c1ccc(Cl)cc1-n1cc(CN(C)C)nn1)S(=O)(=O)c1ccccc1. The van der Waals surface area contributed by atoms with E-state index in [2.05, 4.69) is 10.3 Å². The monoisotopic (exact) mass is 447 g/mol. The number of sulfonamides is 1. The van der Waals surface area contributed by atoms with Gasteiger partial charge in [0.2, 0.25) is 0 Å². The molecule has 160 valence electrons. The largest absolute Gasteiger partial charge is 0.303 e. The summed E-state index contributed by atoms with van der Waals surface area (Å²) in [6, 6.07) is 13.6. The molecule has 9 heteroatoms. The number of hydrogen-bond acceptors (Lipinski definition) is 5. The van der Waals surface area contributed by atoms with Crippen LogP contribution in [0.1, 0.15) is 25.5 Å². The van der Waals surface area contributed by atoms with Crippen LogP contribution in [0, 0.1) is 0 Å². The van der Waals surface area contributed by atoms with Crippen LogP contribution in [0.2, 0.25) is 5.02 Å². The Morgan fingerprint density at radius 3 is 2.50 bits per heavy atom. The summed E-state index contributed by atoms with van der Waals surface area (Å²) in [4.78, 5) is 2.23. The Hall–Kier alpha value is -2.42. The third kappa shape index (κ3) is 5.00. The van der Waals surface area contributed by atoms with Gasteiger partial charge >= 0.3 is 0 Å². The Kier molecular flexibility index (Phi) is 7.12. The third-order valence-electron chi connectivity index (χ3n) is 4.52. The second kappa shape index (κ2) is 9.59. The van der Waals surface area contributed by atoms with E-state index in [0.717, 1.165) is 18.5 Å². The van der Waals surface area contributed by atoms with Crippen molar-refractivity contribution in [2.45, 2.75) is 31.2 Å². The molecule has 0 aliphatic carbocycles. The standard InChI is InChI=1S/C21H26ClN5O2S/c1-4-5-13-27(30(28,29)19-9-7-6-8-10-19)20-12-11-17(22)14-21(20)26-16-18(23-24-26)15-25(2)3/h6-12,14,16H,4-5,13,15H2,1-3H3. The first-order valence-electron chi connectivity index (χ1n) is 9.76. The number of aromatic nitrogens is 3. The van der Waals surface area contributed by atoms with E-state index in [1.807, 2.05) is 25.9 Å². The normalized spacial score (nSPS) is 11.8. The van der Waals surface area contributed by atoms with Gasteiger partial charge < -0.3 is 4.90 Å². The summed E-state index contributed by atoms with van der Waals surface area (Å²) in [5.41, 5.74) is 1.85. The highest BCUT2D eigenvalue weighted by Crippen LogP contribution is 2.32. The third-order valence-corrected chi connectivity index (χ3v) is 6.58. The van der Waals surface area contributed by atoms with Crippen LogP contribution in [0.5, 0.6) is 0 Å². The molecule has 2 aromatic carbocycles. The second-order valence-corrected chi connectivity index (χ2v) is 9.57. The molecule has 0 amide bonds. The first-order chi connectivity index (χ1) is 14.3. The number of anilines is 1. The lowest BCUT2D eigenvalue weighted by Gasteiger charge is -2.26. The van der Waals surface area contributed by atoms with E-state index in [4.69, 9.17) is 11.6 Å². The smallest absolute Gasteiger partial charge is 0.264 e. The number of hydrogen-bond donors (Lipinski definition) is 0. The molecule has 30 heavy (non-hydrogen) atoms. The zero-order chi connectivity index (χ0) is 21.7. The Morgan fingerprint density at radius 1 is 1.10 bits per heavy atom. The molecule has 0 saturated heterocycles. The van der Waals surface area contributed by atoms with Gasteiger partial charge in [-0.3, -0.25) is 4.31 Å². The van der Waals surface area contributed by atoms with Crippen LogP contribution in [-0.2, 0) is 16.6 Å². The first-order valence-corrected chi connectivity index (χ1v) is 11.6. The van der Waals surface area contributed by atoms with Gasteiger partial charge in [-0.15, -0.1) is 5.10 Å². The van der Waals surface area contributed by atoms with Gasteiger partial charge in [-0.2, -0.15) is 0 Å². The maximum atomic E-state index is 13.5. The van der Waals surface area contributed by atoms with Crippen LogP contribution in [-0.4, -0.2) is 49.0 Å². The van der Waals surface area contributed by atoms with Crippen molar-refractivity contribution in [3.63, 3.8) is 0 Å². The number of rotatable bonds is 9. The zero-order valence-electron chi connectivity index (χ0n) is 17.4. The predicted octanol–water partition coefficient (Wildman–Crippen LogP) is 3.98. The van der Waals surface area contributed by atoms with Crippen LogP contribution >= 0.6 is 11.6 Å². The summed E-state index contributed by atoms with van der Waals surface area (Å²) in [6.45, 7) is 3.00. The average molecular weight is 448 g/mol. The molecule has 1 heterocycles. The Bertz CT molecular complexity index is 1080. The maximum Gasteiger partial charge on any atom is 0.264 e. The van der Waals surface area contributed by atoms with Crippen molar-refractivity contribution in [3.05, 3.63) is 65.4 Å². The van der Waals surface area contributed by atoms with Crippen LogP contribution in [0.25, 0.3) is 5.69 Å². The molecule has 3 aromatic rings. The van der Waals surface area contributed by atoms with Gasteiger partial charge in [-0.05, 0) is 50.8 Å². The van der Waals surface area contributed by atoms with Gasteiger partial charge in [0, 0.05) is 18.1 Å². The van der Waals surface area contributed by atoms with Crippen LogP contribution in [0.3, 0.4) is 0 Å². The molecule has 0 atom stereocenters. The van der Waals surface area contributed by atoms with E-state index in [1.54, 1.807) is 59.4 Å².